The van der Waals surface area contributed by atoms with Crippen LogP contribution in [0, 0.1) is 0 Å². The van der Waals surface area contributed by atoms with Crippen molar-refractivity contribution in [2.45, 2.75) is 50.3 Å². The molecule has 2 N–H and O–H groups in total. The Morgan fingerprint density at radius 3 is 2.53 bits per heavy atom. The van der Waals surface area contributed by atoms with Gasteiger partial charge in [0.05, 0.1) is 0 Å². The Morgan fingerprint density at radius 1 is 1.12 bits per heavy atom. The highest BCUT2D eigenvalue weighted by Gasteiger charge is 2.00. The molecule has 0 fully saturated rings. The zero-order valence-corrected chi connectivity index (χ0v) is 12.1. The van der Waals surface area contributed by atoms with Crippen molar-refractivity contribution in [1.29, 1.82) is 0 Å². The Kier molecular flexibility index (Phi) is 7.54. The molecule has 0 saturated heterocycles. The normalized spacial score (nSPS) is 10.7. The Bertz CT molecular complexity index is 328. The fraction of sp³-hybridized carbons (Fsp3) is 0.571. The van der Waals surface area contributed by atoms with E-state index >= 15 is 0 Å². The summed E-state index contributed by atoms with van der Waals surface area (Å²) in [6.07, 6.45) is 8.04. The van der Waals surface area contributed by atoms with E-state index in [1.54, 1.807) is 0 Å². The van der Waals surface area contributed by atoms with Crippen LogP contribution in [-0.4, -0.2) is 5.75 Å². The molecule has 0 aliphatic carbocycles. The molecule has 0 aromatic heterocycles. The van der Waals surface area contributed by atoms with Gasteiger partial charge in [-0.1, -0.05) is 50.6 Å². The van der Waals surface area contributed by atoms with Gasteiger partial charge in [-0.2, -0.15) is 0 Å². The standard InChI is InChI=1S/C14H22ClNS/c1-2-3-4-5-6-7-10-17-14-9-8-12(15)11-13(14)16/h8-9,11H,2-7,10,16H2,1H3. The predicted molar refractivity (Wildman–Crippen MR) is 80.0 cm³/mol. The number of halogens is 1. The van der Waals surface area contributed by atoms with Crippen molar-refractivity contribution in [2.24, 2.45) is 0 Å². The molecular formula is C14H22ClNS. The van der Waals surface area contributed by atoms with Gasteiger partial charge in [0.1, 0.15) is 0 Å². The van der Waals surface area contributed by atoms with Gasteiger partial charge in [-0.25, -0.2) is 0 Å². The van der Waals surface area contributed by atoms with E-state index in [1.165, 1.54) is 38.5 Å². The summed E-state index contributed by atoms with van der Waals surface area (Å²) in [5.41, 5.74) is 6.70. The number of thioether (sulfide) groups is 1. The SMILES string of the molecule is CCCCCCCCSc1ccc(Cl)cc1N. The van der Waals surface area contributed by atoms with E-state index in [0.717, 1.165) is 16.3 Å². The third-order valence-electron chi connectivity index (χ3n) is 2.73. The maximum absolute atomic E-state index is 5.90. The topological polar surface area (TPSA) is 26.0 Å². The highest BCUT2D eigenvalue weighted by molar-refractivity contribution is 7.99. The third kappa shape index (κ3) is 6.23. The first-order valence-electron chi connectivity index (χ1n) is 6.42. The Balaban J connectivity index is 2.14. The van der Waals surface area contributed by atoms with Crippen LogP contribution >= 0.6 is 23.4 Å². The monoisotopic (exact) mass is 271 g/mol. The van der Waals surface area contributed by atoms with Gasteiger partial charge in [0.25, 0.3) is 0 Å². The minimum atomic E-state index is 0.714. The van der Waals surface area contributed by atoms with Gasteiger partial charge < -0.3 is 5.73 Å². The fourth-order valence-corrected chi connectivity index (χ4v) is 2.85. The van der Waals surface area contributed by atoms with Crippen molar-refractivity contribution >= 4 is 29.1 Å². The van der Waals surface area contributed by atoms with Gasteiger partial charge in [-0.3, -0.25) is 0 Å². The molecule has 3 heteroatoms. The van der Waals surface area contributed by atoms with Crippen molar-refractivity contribution in [1.82, 2.24) is 0 Å². The van der Waals surface area contributed by atoms with Crippen LogP contribution in [0.1, 0.15) is 45.4 Å². The van der Waals surface area contributed by atoms with Crippen molar-refractivity contribution < 1.29 is 0 Å². The molecule has 17 heavy (non-hydrogen) atoms. The van der Waals surface area contributed by atoms with Gasteiger partial charge >= 0.3 is 0 Å². The lowest BCUT2D eigenvalue weighted by Crippen LogP contribution is -1.89. The molecule has 0 radical (unpaired) electrons. The molecule has 1 aromatic carbocycles. The van der Waals surface area contributed by atoms with Gasteiger partial charge in [0, 0.05) is 15.6 Å². The number of benzene rings is 1. The smallest absolute Gasteiger partial charge is 0.0467 e. The molecule has 0 bridgehead atoms. The van der Waals surface area contributed by atoms with Crippen LogP contribution in [0.3, 0.4) is 0 Å². The summed E-state index contributed by atoms with van der Waals surface area (Å²) in [5.74, 6) is 1.15. The molecular weight excluding hydrogens is 250 g/mol. The second kappa shape index (κ2) is 8.71. The number of nitrogens with two attached hydrogens (primary N) is 1. The quantitative estimate of drug-likeness (QED) is 0.390. The summed E-state index contributed by atoms with van der Waals surface area (Å²) in [4.78, 5) is 1.16. The first-order valence-corrected chi connectivity index (χ1v) is 7.78. The van der Waals surface area contributed by atoms with Crippen LogP contribution in [0.4, 0.5) is 5.69 Å². The molecule has 0 amide bonds. The van der Waals surface area contributed by atoms with E-state index in [9.17, 15) is 0 Å². The first kappa shape index (κ1) is 14.7. The summed E-state index contributed by atoms with van der Waals surface area (Å²) in [5, 5.41) is 0.714. The second-order valence-electron chi connectivity index (χ2n) is 4.30. The summed E-state index contributed by atoms with van der Waals surface area (Å²) in [6, 6.07) is 5.74. The zero-order chi connectivity index (χ0) is 12.5. The molecule has 0 aliphatic heterocycles. The van der Waals surface area contributed by atoms with Crippen molar-refractivity contribution in [3.8, 4) is 0 Å². The van der Waals surface area contributed by atoms with Crippen molar-refractivity contribution in [3.05, 3.63) is 23.2 Å². The van der Waals surface area contributed by atoms with Crippen molar-refractivity contribution in [3.63, 3.8) is 0 Å². The van der Waals surface area contributed by atoms with E-state index in [4.69, 9.17) is 17.3 Å². The van der Waals surface area contributed by atoms with Gasteiger partial charge in [-0.05, 0) is 30.4 Å². The third-order valence-corrected chi connectivity index (χ3v) is 4.14. The minimum Gasteiger partial charge on any atom is -0.398 e. The number of hydrogen-bond donors (Lipinski definition) is 1. The van der Waals surface area contributed by atoms with Crippen LogP contribution in [0.5, 0.6) is 0 Å². The summed E-state index contributed by atoms with van der Waals surface area (Å²) < 4.78 is 0. The van der Waals surface area contributed by atoms with Gasteiger partial charge in [0.15, 0.2) is 0 Å². The fourth-order valence-electron chi connectivity index (χ4n) is 1.72. The van der Waals surface area contributed by atoms with E-state index < -0.39 is 0 Å². The average Bonchev–Trinajstić information content (AvgIpc) is 2.30. The molecule has 0 saturated carbocycles. The minimum absolute atomic E-state index is 0.714. The molecule has 0 unspecified atom stereocenters. The lowest BCUT2D eigenvalue weighted by molar-refractivity contribution is 0.627. The molecule has 0 atom stereocenters. The van der Waals surface area contributed by atoms with Gasteiger partial charge in [0.2, 0.25) is 0 Å². The molecule has 0 aliphatic rings. The van der Waals surface area contributed by atoms with E-state index in [-0.39, 0.29) is 0 Å². The average molecular weight is 272 g/mol. The highest BCUT2D eigenvalue weighted by atomic mass is 35.5. The van der Waals surface area contributed by atoms with Crippen LogP contribution in [0.15, 0.2) is 23.1 Å². The maximum atomic E-state index is 5.90. The van der Waals surface area contributed by atoms with Crippen LogP contribution in [0.25, 0.3) is 0 Å². The first-order chi connectivity index (χ1) is 8.24. The van der Waals surface area contributed by atoms with Crippen LogP contribution in [-0.2, 0) is 0 Å². The van der Waals surface area contributed by atoms with Crippen LogP contribution in [0.2, 0.25) is 5.02 Å². The number of anilines is 1. The molecule has 1 aromatic rings. The number of hydrogen-bond acceptors (Lipinski definition) is 2. The highest BCUT2D eigenvalue weighted by Crippen LogP contribution is 2.28. The predicted octanol–water partition coefficient (Wildman–Crippen LogP) is 5.37. The summed E-state index contributed by atoms with van der Waals surface area (Å²) in [6.45, 7) is 2.25. The van der Waals surface area contributed by atoms with E-state index in [2.05, 4.69) is 6.92 Å². The molecule has 1 rings (SSSR count). The molecule has 0 spiro atoms. The van der Waals surface area contributed by atoms with Crippen LogP contribution < -0.4 is 5.73 Å². The summed E-state index contributed by atoms with van der Waals surface area (Å²) >= 11 is 7.70. The van der Waals surface area contributed by atoms with Crippen molar-refractivity contribution in [2.75, 3.05) is 11.5 Å². The molecule has 96 valence electrons. The lowest BCUT2D eigenvalue weighted by Gasteiger charge is -2.05. The van der Waals surface area contributed by atoms with E-state index in [1.807, 2.05) is 30.0 Å². The van der Waals surface area contributed by atoms with E-state index in [0.29, 0.717) is 5.02 Å². The number of unbranched alkanes of at least 4 members (excludes halogenated alkanes) is 5. The summed E-state index contributed by atoms with van der Waals surface area (Å²) in [7, 11) is 0. The lowest BCUT2D eigenvalue weighted by atomic mass is 10.1. The molecule has 0 heterocycles. The number of nitrogen functional groups attached to an aromatic ring is 1. The Morgan fingerprint density at radius 2 is 1.82 bits per heavy atom. The Hall–Kier alpha value is -0.340. The van der Waals surface area contributed by atoms with Gasteiger partial charge in [-0.15, -0.1) is 11.8 Å². The largest absolute Gasteiger partial charge is 0.398 e. The zero-order valence-electron chi connectivity index (χ0n) is 10.5. The maximum Gasteiger partial charge on any atom is 0.0467 e. The number of rotatable bonds is 8. The Labute approximate surface area is 114 Å². The second-order valence-corrected chi connectivity index (χ2v) is 5.87. The molecule has 1 nitrogen and oxygen atoms in total.